The van der Waals surface area contributed by atoms with Crippen molar-refractivity contribution in [2.24, 2.45) is 0 Å². The lowest BCUT2D eigenvalue weighted by atomic mass is 10.1. The fourth-order valence-electron chi connectivity index (χ4n) is 2.41. The number of aromatic nitrogens is 3. The van der Waals surface area contributed by atoms with Gasteiger partial charge in [0.1, 0.15) is 17.3 Å². The number of aromatic carboxylic acids is 1. The van der Waals surface area contributed by atoms with Gasteiger partial charge in [-0.2, -0.15) is 0 Å². The molecular weight excluding hydrogens is 313 g/mol. The van der Waals surface area contributed by atoms with Crippen molar-refractivity contribution in [1.29, 1.82) is 0 Å². The van der Waals surface area contributed by atoms with E-state index in [0.717, 1.165) is 0 Å². The molecule has 0 aliphatic heterocycles. The number of carboxylic acids is 1. The van der Waals surface area contributed by atoms with Gasteiger partial charge in [-0.05, 0) is 42.0 Å². The van der Waals surface area contributed by atoms with Crippen molar-refractivity contribution in [2.75, 3.05) is 7.11 Å². The minimum Gasteiger partial charge on any atom is -0.497 e. The molecule has 0 atom stereocenters. The van der Waals surface area contributed by atoms with E-state index >= 15 is 0 Å². The van der Waals surface area contributed by atoms with Crippen molar-refractivity contribution in [1.82, 2.24) is 15.0 Å². The van der Waals surface area contributed by atoms with Crippen LogP contribution in [0.1, 0.15) is 16.1 Å². The van der Waals surface area contributed by atoms with Crippen molar-refractivity contribution in [3.8, 4) is 17.0 Å². The summed E-state index contributed by atoms with van der Waals surface area (Å²) < 4.78 is 19.9. The van der Waals surface area contributed by atoms with E-state index in [2.05, 4.69) is 10.3 Å². The first-order chi connectivity index (χ1) is 11.6. The summed E-state index contributed by atoms with van der Waals surface area (Å²) in [7, 11) is 1.55. The molecule has 3 rings (SSSR count). The van der Waals surface area contributed by atoms with Crippen LogP contribution in [-0.2, 0) is 6.54 Å². The van der Waals surface area contributed by atoms with Crippen LogP contribution in [0.4, 0.5) is 4.39 Å². The molecule has 1 heterocycles. The highest BCUT2D eigenvalue weighted by Crippen LogP contribution is 2.25. The maximum Gasteiger partial charge on any atom is 0.358 e. The summed E-state index contributed by atoms with van der Waals surface area (Å²) in [5.41, 5.74) is 1.49. The van der Waals surface area contributed by atoms with Gasteiger partial charge in [-0.25, -0.2) is 13.9 Å². The number of rotatable bonds is 5. The molecule has 122 valence electrons. The first kappa shape index (κ1) is 15.7. The zero-order chi connectivity index (χ0) is 17.1. The van der Waals surface area contributed by atoms with Crippen LogP contribution in [0, 0.1) is 5.82 Å². The second-order valence-corrected chi connectivity index (χ2v) is 5.11. The average molecular weight is 327 g/mol. The quantitative estimate of drug-likeness (QED) is 0.780. The lowest BCUT2D eigenvalue weighted by Gasteiger charge is -2.08. The Kier molecular flexibility index (Phi) is 4.24. The minimum atomic E-state index is -1.17. The number of carboxylic acid groups (broad SMARTS) is 1. The molecule has 7 heteroatoms. The molecular formula is C17H14FN3O3. The van der Waals surface area contributed by atoms with Crippen molar-refractivity contribution >= 4 is 5.97 Å². The van der Waals surface area contributed by atoms with E-state index in [-0.39, 0.29) is 18.1 Å². The molecule has 3 aromatic rings. The van der Waals surface area contributed by atoms with Crippen molar-refractivity contribution in [2.45, 2.75) is 6.54 Å². The molecule has 0 bridgehead atoms. The first-order valence-electron chi connectivity index (χ1n) is 7.14. The summed E-state index contributed by atoms with van der Waals surface area (Å²) in [4.78, 5) is 11.4. The Morgan fingerprint density at radius 3 is 2.62 bits per heavy atom. The summed E-state index contributed by atoms with van der Waals surface area (Å²) in [6.45, 7) is 0.208. The molecule has 0 saturated carbocycles. The predicted octanol–water partition coefficient (Wildman–Crippen LogP) is 2.84. The second-order valence-electron chi connectivity index (χ2n) is 5.11. The molecule has 0 amide bonds. The number of methoxy groups -OCH3 is 1. The third kappa shape index (κ3) is 3.10. The van der Waals surface area contributed by atoms with Gasteiger partial charge in [-0.3, -0.25) is 0 Å². The molecule has 2 aromatic carbocycles. The summed E-state index contributed by atoms with van der Waals surface area (Å²) in [6, 6.07) is 13.0. The van der Waals surface area contributed by atoms with Gasteiger partial charge >= 0.3 is 5.97 Å². The fourth-order valence-corrected chi connectivity index (χ4v) is 2.41. The topological polar surface area (TPSA) is 77.2 Å². The number of nitrogens with zero attached hydrogens (tertiary/aromatic N) is 3. The van der Waals surface area contributed by atoms with Gasteiger partial charge < -0.3 is 9.84 Å². The predicted molar refractivity (Wildman–Crippen MR) is 84.5 cm³/mol. The third-order valence-corrected chi connectivity index (χ3v) is 3.52. The fraction of sp³-hybridized carbons (Fsp3) is 0.118. The summed E-state index contributed by atoms with van der Waals surface area (Å²) >= 11 is 0. The molecule has 1 aromatic heterocycles. The molecule has 0 aliphatic carbocycles. The van der Waals surface area contributed by atoms with E-state index in [1.54, 1.807) is 43.5 Å². The molecule has 0 aliphatic rings. The van der Waals surface area contributed by atoms with Crippen LogP contribution in [0.15, 0.2) is 48.5 Å². The largest absolute Gasteiger partial charge is 0.497 e. The molecule has 0 radical (unpaired) electrons. The number of benzene rings is 2. The Bertz CT molecular complexity index is 875. The van der Waals surface area contributed by atoms with Crippen LogP contribution >= 0.6 is 0 Å². The minimum absolute atomic E-state index is 0.156. The number of hydrogen-bond donors (Lipinski definition) is 1. The number of ether oxygens (including phenoxy) is 1. The van der Waals surface area contributed by atoms with Crippen LogP contribution in [-0.4, -0.2) is 33.2 Å². The summed E-state index contributed by atoms with van der Waals surface area (Å²) in [6.07, 6.45) is 0. The Morgan fingerprint density at radius 1 is 1.25 bits per heavy atom. The zero-order valence-electron chi connectivity index (χ0n) is 12.8. The highest BCUT2D eigenvalue weighted by molar-refractivity contribution is 5.92. The van der Waals surface area contributed by atoms with Gasteiger partial charge in [0.15, 0.2) is 5.69 Å². The molecule has 0 fully saturated rings. The van der Waals surface area contributed by atoms with Crippen molar-refractivity contribution in [3.05, 3.63) is 65.6 Å². The number of halogens is 1. The zero-order valence-corrected chi connectivity index (χ0v) is 12.8. The Labute approximate surface area is 137 Å². The smallest absolute Gasteiger partial charge is 0.358 e. The Balaban J connectivity index is 2.05. The first-order valence-corrected chi connectivity index (χ1v) is 7.14. The van der Waals surface area contributed by atoms with Gasteiger partial charge in [0.05, 0.1) is 13.7 Å². The molecule has 0 unspecified atom stereocenters. The van der Waals surface area contributed by atoms with Crippen molar-refractivity contribution < 1.29 is 19.0 Å². The molecule has 24 heavy (non-hydrogen) atoms. The van der Waals surface area contributed by atoms with E-state index in [0.29, 0.717) is 22.6 Å². The highest BCUT2D eigenvalue weighted by atomic mass is 19.1. The Morgan fingerprint density at radius 2 is 2.00 bits per heavy atom. The van der Waals surface area contributed by atoms with Crippen LogP contribution in [0.5, 0.6) is 5.75 Å². The normalized spacial score (nSPS) is 10.6. The maximum absolute atomic E-state index is 13.4. The second kappa shape index (κ2) is 6.49. The van der Waals surface area contributed by atoms with Crippen LogP contribution in [0.3, 0.4) is 0 Å². The lowest BCUT2D eigenvalue weighted by Crippen LogP contribution is -2.06. The van der Waals surface area contributed by atoms with Crippen LogP contribution in [0.2, 0.25) is 0 Å². The standard InChI is InChI=1S/C17H14FN3O3/c1-24-14-7-5-12(6-8-14)16-15(17(22)23)19-20-21(16)10-11-3-2-4-13(18)9-11/h2-9H,10H2,1H3,(H,22,23). The van der Waals surface area contributed by atoms with Gasteiger partial charge in [-0.15, -0.1) is 5.10 Å². The van der Waals surface area contributed by atoms with E-state index in [9.17, 15) is 14.3 Å². The van der Waals surface area contributed by atoms with Gasteiger partial charge in [-0.1, -0.05) is 17.3 Å². The Hall–Kier alpha value is -3.22. The van der Waals surface area contributed by atoms with E-state index < -0.39 is 5.97 Å². The number of hydrogen-bond acceptors (Lipinski definition) is 4. The van der Waals surface area contributed by atoms with E-state index in [1.807, 2.05) is 0 Å². The van der Waals surface area contributed by atoms with Crippen LogP contribution in [0.25, 0.3) is 11.3 Å². The maximum atomic E-state index is 13.4. The third-order valence-electron chi connectivity index (χ3n) is 3.52. The van der Waals surface area contributed by atoms with E-state index in [1.165, 1.54) is 16.8 Å². The average Bonchev–Trinajstić information content (AvgIpc) is 2.99. The van der Waals surface area contributed by atoms with Crippen LogP contribution < -0.4 is 4.74 Å². The SMILES string of the molecule is COc1ccc(-c2c(C(=O)O)nnn2Cc2cccc(F)c2)cc1. The lowest BCUT2D eigenvalue weighted by molar-refractivity contribution is 0.0691. The van der Waals surface area contributed by atoms with Gasteiger partial charge in [0.25, 0.3) is 0 Å². The monoisotopic (exact) mass is 327 g/mol. The van der Waals surface area contributed by atoms with Gasteiger partial charge in [0, 0.05) is 5.56 Å². The molecule has 0 saturated heterocycles. The number of carbonyl (C=O) groups is 1. The van der Waals surface area contributed by atoms with Gasteiger partial charge in [0.2, 0.25) is 0 Å². The molecule has 6 nitrogen and oxygen atoms in total. The molecule has 1 N–H and O–H groups in total. The molecule has 0 spiro atoms. The van der Waals surface area contributed by atoms with Crippen molar-refractivity contribution in [3.63, 3.8) is 0 Å². The summed E-state index contributed by atoms with van der Waals surface area (Å²) in [5.74, 6) is -0.886. The summed E-state index contributed by atoms with van der Waals surface area (Å²) in [5, 5.41) is 17.0. The highest BCUT2D eigenvalue weighted by Gasteiger charge is 2.20. The van der Waals surface area contributed by atoms with E-state index in [4.69, 9.17) is 4.74 Å².